The molecule has 1 aromatic rings. The molecule has 0 heterocycles. The lowest BCUT2D eigenvalue weighted by atomic mass is 9.98. The summed E-state index contributed by atoms with van der Waals surface area (Å²) in [6.07, 6.45) is 5.38. The van der Waals surface area contributed by atoms with Crippen LogP contribution in [0.5, 0.6) is 0 Å². The minimum absolute atomic E-state index is 0.0227. The van der Waals surface area contributed by atoms with Gasteiger partial charge in [-0.15, -0.1) is 0 Å². The summed E-state index contributed by atoms with van der Waals surface area (Å²) in [7, 11) is 0. The molecule has 4 heteroatoms. The highest BCUT2D eigenvalue weighted by Crippen LogP contribution is 2.48. The van der Waals surface area contributed by atoms with E-state index >= 15 is 0 Å². The maximum atomic E-state index is 12.2. The summed E-state index contributed by atoms with van der Waals surface area (Å²) < 4.78 is 0.696. The van der Waals surface area contributed by atoms with Gasteiger partial charge in [0.25, 0.3) is 5.91 Å². The number of rotatable bonds is 5. The fourth-order valence-corrected chi connectivity index (χ4v) is 3.24. The maximum absolute atomic E-state index is 12.2. The summed E-state index contributed by atoms with van der Waals surface area (Å²) in [6.45, 7) is 0.815. The van der Waals surface area contributed by atoms with Crippen LogP contribution >= 0.6 is 15.9 Å². The van der Waals surface area contributed by atoms with Gasteiger partial charge in [-0.05, 0) is 71.5 Å². The molecule has 102 valence electrons. The number of nitrogens with two attached hydrogens (primary N) is 1. The first-order valence-corrected chi connectivity index (χ1v) is 7.78. The van der Waals surface area contributed by atoms with Crippen molar-refractivity contribution >= 4 is 27.5 Å². The Bertz CT molecular complexity index is 483. The molecule has 0 radical (unpaired) electrons. The quantitative estimate of drug-likeness (QED) is 0.818. The topological polar surface area (TPSA) is 55.1 Å². The van der Waals surface area contributed by atoms with Crippen LogP contribution in [-0.2, 0) is 0 Å². The summed E-state index contributed by atoms with van der Waals surface area (Å²) in [4.78, 5) is 12.2. The van der Waals surface area contributed by atoms with Gasteiger partial charge in [-0.2, -0.15) is 0 Å². The molecular formula is C15H19BrN2O. The zero-order chi connectivity index (χ0) is 13.4. The van der Waals surface area contributed by atoms with Gasteiger partial charge in [-0.3, -0.25) is 4.79 Å². The average Bonchev–Trinajstić information content (AvgIpc) is 3.26. The van der Waals surface area contributed by atoms with Crippen molar-refractivity contribution in [2.24, 2.45) is 17.8 Å². The number of nitrogen functional groups attached to an aromatic ring is 1. The molecule has 0 aliphatic heterocycles. The second-order valence-electron chi connectivity index (χ2n) is 5.76. The predicted molar refractivity (Wildman–Crippen MR) is 79.8 cm³/mol. The summed E-state index contributed by atoms with van der Waals surface area (Å²) in [5.74, 6) is 2.39. The molecule has 19 heavy (non-hydrogen) atoms. The van der Waals surface area contributed by atoms with Crippen LogP contribution in [0.1, 0.15) is 36.0 Å². The van der Waals surface area contributed by atoms with Crippen molar-refractivity contribution in [3.05, 3.63) is 28.2 Å². The van der Waals surface area contributed by atoms with Gasteiger partial charge >= 0.3 is 0 Å². The Morgan fingerprint density at radius 2 is 1.95 bits per heavy atom. The lowest BCUT2D eigenvalue weighted by Crippen LogP contribution is -2.31. The van der Waals surface area contributed by atoms with Crippen molar-refractivity contribution in [1.82, 2.24) is 5.32 Å². The van der Waals surface area contributed by atoms with E-state index in [9.17, 15) is 4.79 Å². The number of carbonyl (C=O) groups excluding carboxylic acids is 1. The van der Waals surface area contributed by atoms with Crippen LogP contribution < -0.4 is 11.1 Å². The molecule has 0 atom stereocenters. The van der Waals surface area contributed by atoms with Crippen LogP contribution in [0, 0.1) is 17.8 Å². The number of hydrogen-bond acceptors (Lipinski definition) is 2. The Kier molecular flexibility index (Phi) is 3.52. The van der Waals surface area contributed by atoms with Crippen molar-refractivity contribution in [3.8, 4) is 0 Å². The van der Waals surface area contributed by atoms with E-state index in [4.69, 9.17) is 5.73 Å². The molecule has 2 saturated carbocycles. The number of halogens is 1. The molecule has 3 N–H and O–H groups in total. The summed E-state index contributed by atoms with van der Waals surface area (Å²) in [5.41, 5.74) is 7.04. The van der Waals surface area contributed by atoms with E-state index < -0.39 is 0 Å². The molecule has 2 aliphatic rings. The Hall–Kier alpha value is -1.03. The standard InChI is InChI=1S/C15H19BrN2O/c16-14-11(2-1-3-13(14)17)15(19)18-8-12(9-4-5-9)10-6-7-10/h1-3,9-10,12H,4-8,17H2,(H,18,19). The zero-order valence-corrected chi connectivity index (χ0v) is 12.4. The number of benzene rings is 1. The van der Waals surface area contributed by atoms with Crippen LogP contribution in [0.25, 0.3) is 0 Å². The van der Waals surface area contributed by atoms with Gasteiger partial charge in [0.05, 0.1) is 10.0 Å². The lowest BCUT2D eigenvalue weighted by Gasteiger charge is -2.16. The molecule has 0 spiro atoms. The maximum Gasteiger partial charge on any atom is 0.252 e. The van der Waals surface area contributed by atoms with Gasteiger partial charge in [-0.1, -0.05) is 6.07 Å². The smallest absolute Gasteiger partial charge is 0.252 e. The first-order chi connectivity index (χ1) is 9.16. The Morgan fingerprint density at radius 3 is 2.53 bits per heavy atom. The number of nitrogens with one attached hydrogen (secondary N) is 1. The molecule has 1 aromatic carbocycles. The highest BCUT2D eigenvalue weighted by Gasteiger charge is 2.41. The third-order valence-electron chi connectivity index (χ3n) is 4.23. The Balaban J connectivity index is 1.62. The molecule has 0 saturated heterocycles. The molecule has 3 nitrogen and oxygen atoms in total. The normalized spacial score (nSPS) is 18.6. The molecule has 1 amide bonds. The third kappa shape index (κ3) is 2.94. The summed E-state index contributed by atoms with van der Waals surface area (Å²) >= 11 is 3.38. The average molecular weight is 323 g/mol. The predicted octanol–water partition coefficient (Wildman–Crippen LogP) is 3.20. The number of carbonyl (C=O) groups is 1. The van der Waals surface area contributed by atoms with Crippen molar-refractivity contribution in [2.75, 3.05) is 12.3 Å². The summed E-state index contributed by atoms with van der Waals surface area (Å²) in [6, 6.07) is 5.41. The Morgan fingerprint density at radius 1 is 1.32 bits per heavy atom. The number of amides is 1. The summed E-state index contributed by atoms with van der Waals surface area (Å²) in [5, 5.41) is 3.09. The largest absolute Gasteiger partial charge is 0.398 e. The van der Waals surface area contributed by atoms with E-state index in [0.29, 0.717) is 21.6 Å². The SMILES string of the molecule is Nc1cccc(C(=O)NCC(C2CC2)C2CC2)c1Br. The van der Waals surface area contributed by atoms with Crippen LogP contribution in [0.3, 0.4) is 0 Å². The van der Waals surface area contributed by atoms with E-state index in [1.54, 1.807) is 12.1 Å². The van der Waals surface area contributed by atoms with Crippen LogP contribution in [0.15, 0.2) is 22.7 Å². The number of anilines is 1. The van der Waals surface area contributed by atoms with E-state index in [1.807, 2.05) is 6.07 Å². The van der Waals surface area contributed by atoms with E-state index in [-0.39, 0.29) is 5.91 Å². The fraction of sp³-hybridized carbons (Fsp3) is 0.533. The van der Waals surface area contributed by atoms with Crippen molar-refractivity contribution in [3.63, 3.8) is 0 Å². The monoisotopic (exact) mass is 322 g/mol. The molecule has 2 fully saturated rings. The van der Waals surface area contributed by atoms with Crippen molar-refractivity contribution < 1.29 is 4.79 Å². The van der Waals surface area contributed by atoms with Gasteiger partial charge in [-0.25, -0.2) is 0 Å². The highest BCUT2D eigenvalue weighted by atomic mass is 79.9. The van der Waals surface area contributed by atoms with E-state index in [1.165, 1.54) is 25.7 Å². The highest BCUT2D eigenvalue weighted by molar-refractivity contribution is 9.10. The number of hydrogen-bond donors (Lipinski definition) is 2. The van der Waals surface area contributed by atoms with Crippen LogP contribution in [0.4, 0.5) is 5.69 Å². The molecular weight excluding hydrogens is 304 g/mol. The lowest BCUT2D eigenvalue weighted by molar-refractivity contribution is 0.0942. The first kappa shape index (κ1) is 13.0. The van der Waals surface area contributed by atoms with Gasteiger partial charge in [0, 0.05) is 12.2 Å². The minimum atomic E-state index is -0.0227. The fourth-order valence-electron chi connectivity index (χ4n) is 2.80. The molecule has 2 aliphatic carbocycles. The first-order valence-electron chi connectivity index (χ1n) is 6.99. The zero-order valence-electron chi connectivity index (χ0n) is 10.9. The van der Waals surface area contributed by atoms with Gasteiger partial charge in [0.15, 0.2) is 0 Å². The minimum Gasteiger partial charge on any atom is -0.398 e. The molecule has 0 bridgehead atoms. The molecule has 0 unspecified atom stereocenters. The Labute approximate surface area is 122 Å². The van der Waals surface area contributed by atoms with E-state index in [0.717, 1.165) is 18.4 Å². The second kappa shape index (κ2) is 5.16. The molecule has 0 aromatic heterocycles. The van der Waals surface area contributed by atoms with Gasteiger partial charge < -0.3 is 11.1 Å². The van der Waals surface area contributed by atoms with Gasteiger partial charge in [0.1, 0.15) is 0 Å². The van der Waals surface area contributed by atoms with Crippen molar-refractivity contribution in [1.29, 1.82) is 0 Å². The molecule has 3 rings (SSSR count). The van der Waals surface area contributed by atoms with Crippen molar-refractivity contribution in [2.45, 2.75) is 25.7 Å². The van der Waals surface area contributed by atoms with E-state index in [2.05, 4.69) is 21.2 Å². The van der Waals surface area contributed by atoms with Crippen LogP contribution in [-0.4, -0.2) is 12.5 Å². The third-order valence-corrected chi connectivity index (χ3v) is 5.11. The second-order valence-corrected chi connectivity index (χ2v) is 6.55. The van der Waals surface area contributed by atoms with Gasteiger partial charge in [0.2, 0.25) is 0 Å². The van der Waals surface area contributed by atoms with Crippen LogP contribution in [0.2, 0.25) is 0 Å².